The highest BCUT2D eigenvalue weighted by molar-refractivity contribution is 5.96. The molecule has 0 aliphatic carbocycles. The van der Waals surface area contributed by atoms with Gasteiger partial charge in [0.1, 0.15) is 17.1 Å². The lowest BCUT2D eigenvalue weighted by Crippen LogP contribution is -2.30. The van der Waals surface area contributed by atoms with Gasteiger partial charge in [-0.3, -0.25) is 4.79 Å². The van der Waals surface area contributed by atoms with E-state index in [4.69, 9.17) is 14.2 Å². The molecule has 0 fully saturated rings. The summed E-state index contributed by atoms with van der Waals surface area (Å²) in [6.07, 6.45) is 0.709. The van der Waals surface area contributed by atoms with E-state index in [0.717, 1.165) is 5.56 Å². The molecule has 25 heavy (non-hydrogen) atoms. The number of carbonyl (C=O) groups is 2. The molecule has 0 radical (unpaired) electrons. The van der Waals surface area contributed by atoms with Crippen LogP contribution in [0.15, 0.2) is 48.5 Å². The molecule has 1 amide bonds. The van der Waals surface area contributed by atoms with Crippen LogP contribution in [0.2, 0.25) is 0 Å². The summed E-state index contributed by atoms with van der Waals surface area (Å²) in [5.41, 5.74) is 1.28. The zero-order valence-corrected chi connectivity index (χ0v) is 14.3. The molecule has 2 aromatic carbocycles. The Morgan fingerprint density at radius 2 is 1.56 bits per heavy atom. The Morgan fingerprint density at radius 3 is 2.16 bits per heavy atom. The van der Waals surface area contributed by atoms with Gasteiger partial charge in [0.25, 0.3) is 5.91 Å². The number of esters is 1. The van der Waals surface area contributed by atoms with Crippen molar-refractivity contribution in [3.63, 3.8) is 0 Å². The minimum atomic E-state index is -0.674. The van der Waals surface area contributed by atoms with E-state index in [1.54, 1.807) is 18.2 Å². The molecular weight excluding hydrogens is 322 g/mol. The summed E-state index contributed by atoms with van der Waals surface area (Å²) in [5, 5.41) is 2.72. The standard InChI is InChI=1S/C19H21NO5/c1-23-15-9-6-10-16(24-2)18(15)19(22)25-13-17(21)20-12-11-14-7-4-3-5-8-14/h3-10H,11-13H2,1-2H3,(H,20,21). The molecule has 2 rings (SSSR count). The van der Waals surface area contributed by atoms with Crippen molar-refractivity contribution in [1.82, 2.24) is 5.32 Å². The summed E-state index contributed by atoms with van der Waals surface area (Å²) in [6.45, 7) is 0.104. The van der Waals surface area contributed by atoms with E-state index in [9.17, 15) is 9.59 Å². The lowest BCUT2D eigenvalue weighted by atomic mass is 10.1. The van der Waals surface area contributed by atoms with Crippen molar-refractivity contribution < 1.29 is 23.8 Å². The van der Waals surface area contributed by atoms with Gasteiger partial charge in [-0.15, -0.1) is 0 Å². The fourth-order valence-corrected chi connectivity index (χ4v) is 2.30. The van der Waals surface area contributed by atoms with E-state index in [0.29, 0.717) is 24.5 Å². The van der Waals surface area contributed by atoms with Crippen LogP contribution < -0.4 is 14.8 Å². The summed E-state index contributed by atoms with van der Waals surface area (Å²) in [7, 11) is 2.89. The molecule has 0 aromatic heterocycles. The quantitative estimate of drug-likeness (QED) is 0.744. The van der Waals surface area contributed by atoms with Gasteiger partial charge in [0, 0.05) is 6.54 Å². The predicted molar refractivity (Wildman–Crippen MR) is 93.0 cm³/mol. The summed E-state index contributed by atoms with van der Waals surface area (Å²) in [5.74, 6) is -0.381. The molecular formula is C19H21NO5. The first kappa shape index (κ1) is 18.3. The highest BCUT2D eigenvalue weighted by Crippen LogP contribution is 2.28. The average Bonchev–Trinajstić information content (AvgIpc) is 2.66. The molecule has 0 spiro atoms. The van der Waals surface area contributed by atoms with Crippen molar-refractivity contribution in [3.05, 3.63) is 59.7 Å². The van der Waals surface area contributed by atoms with Gasteiger partial charge >= 0.3 is 5.97 Å². The van der Waals surface area contributed by atoms with Crippen LogP contribution in [-0.4, -0.2) is 39.2 Å². The maximum Gasteiger partial charge on any atom is 0.346 e. The first-order valence-electron chi connectivity index (χ1n) is 7.84. The van der Waals surface area contributed by atoms with E-state index in [1.807, 2.05) is 30.3 Å². The molecule has 6 heteroatoms. The highest BCUT2D eigenvalue weighted by atomic mass is 16.5. The van der Waals surface area contributed by atoms with Crippen LogP contribution in [0.25, 0.3) is 0 Å². The SMILES string of the molecule is COc1cccc(OC)c1C(=O)OCC(=O)NCCc1ccccc1. The Kier molecular flexibility index (Phi) is 6.83. The first-order chi connectivity index (χ1) is 12.2. The van der Waals surface area contributed by atoms with Gasteiger partial charge in [-0.25, -0.2) is 4.79 Å². The van der Waals surface area contributed by atoms with Crippen molar-refractivity contribution in [1.29, 1.82) is 0 Å². The number of hydrogen-bond donors (Lipinski definition) is 1. The zero-order chi connectivity index (χ0) is 18.1. The smallest absolute Gasteiger partial charge is 0.346 e. The lowest BCUT2D eigenvalue weighted by Gasteiger charge is -2.12. The second kappa shape index (κ2) is 9.32. The molecule has 0 heterocycles. The molecule has 0 unspecified atom stereocenters. The van der Waals surface area contributed by atoms with Crippen molar-refractivity contribution in [2.75, 3.05) is 27.4 Å². The van der Waals surface area contributed by atoms with E-state index < -0.39 is 5.97 Å². The molecule has 0 aliphatic rings. The van der Waals surface area contributed by atoms with Gasteiger partial charge in [0.05, 0.1) is 14.2 Å². The highest BCUT2D eigenvalue weighted by Gasteiger charge is 2.20. The number of nitrogens with one attached hydrogen (secondary N) is 1. The minimum Gasteiger partial charge on any atom is -0.496 e. The third-order valence-electron chi connectivity index (χ3n) is 3.54. The van der Waals surface area contributed by atoms with Crippen molar-refractivity contribution in [2.45, 2.75) is 6.42 Å². The fourth-order valence-electron chi connectivity index (χ4n) is 2.30. The molecule has 6 nitrogen and oxygen atoms in total. The van der Waals surface area contributed by atoms with Crippen molar-refractivity contribution in [2.24, 2.45) is 0 Å². The monoisotopic (exact) mass is 343 g/mol. The second-order valence-electron chi connectivity index (χ2n) is 5.20. The van der Waals surface area contributed by atoms with Gasteiger partial charge < -0.3 is 19.5 Å². The van der Waals surface area contributed by atoms with E-state index in [-0.39, 0.29) is 18.1 Å². The Labute approximate surface area is 146 Å². The van der Waals surface area contributed by atoms with E-state index in [1.165, 1.54) is 14.2 Å². The topological polar surface area (TPSA) is 73.9 Å². The zero-order valence-electron chi connectivity index (χ0n) is 14.3. The van der Waals surface area contributed by atoms with Crippen LogP contribution in [0.3, 0.4) is 0 Å². The molecule has 132 valence electrons. The van der Waals surface area contributed by atoms with Gasteiger partial charge in [-0.05, 0) is 24.1 Å². The maximum absolute atomic E-state index is 12.2. The summed E-state index contributed by atoms with van der Waals surface area (Å²) < 4.78 is 15.4. The number of benzene rings is 2. The van der Waals surface area contributed by atoms with Crippen LogP contribution in [0.1, 0.15) is 15.9 Å². The van der Waals surface area contributed by atoms with Gasteiger partial charge in [-0.1, -0.05) is 36.4 Å². The van der Waals surface area contributed by atoms with Crippen LogP contribution in [0, 0.1) is 0 Å². The number of carbonyl (C=O) groups excluding carboxylic acids is 2. The molecule has 2 aromatic rings. The molecule has 0 bridgehead atoms. The molecule has 0 aliphatic heterocycles. The van der Waals surface area contributed by atoms with Crippen LogP contribution in [0.4, 0.5) is 0 Å². The molecule has 0 saturated carbocycles. The number of amides is 1. The Bertz CT molecular complexity index is 693. The largest absolute Gasteiger partial charge is 0.496 e. The van der Waals surface area contributed by atoms with Crippen LogP contribution in [-0.2, 0) is 16.0 Å². The van der Waals surface area contributed by atoms with Crippen molar-refractivity contribution in [3.8, 4) is 11.5 Å². The third-order valence-corrected chi connectivity index (χ3v) is 3.54. The van der Waals surface area contributed by atoms with E-state index >= 15 is 0 Å². The number of methoxy groups -OCH3 is 2. The van der Waals surface area contributed by atoms with Gasteiger partial charge in [0.15, 0.2) is 6.61 Å². The lowest BCUT2D eigenvalue weighted by molar-refractivity contribution is -0.124. The van der Waals surface area contributed by atoms with Crippen LogP contribution in [0.5, 0.6) is 11.5 Å². The Morgan fingerprint density at radius 1 is 0.920 bits per heavy atom. The van der Waals surface area contributed by atoms with Gasteiger partial charge in [0.2, 0.25) is 0 Å². The van der Waals surface area contributed by atoms with Crippen LogP contribution >= 0.6 is 0 Å². The summed E-state index contributed by atoms with van der Waals surface area (Å²) >= 11 is 0. The molecule has 0 saturated heterocycles. The third kappa shape index (κ3) is 5.24. The predicted octanol–water partition coefficient (Wildman–Crippen LogP) is 2.22. The first-order valence-corrected chi connectivity index (χ1v) is 7.84. The Balaban J connectivity index is 1.84. The summed E-state index contributed by atoms with van der Waals surface area (Å²) in [4.78, 5) is 24.1. The number of ether oxygens (including phenoxy) is 3. The second-order valence-corrected chi connectivity index (χ2v) is 5.20. The normalized spacial score (nSPS) is 10.0. The molecule has 0 atom stereocenters. The number of rotatable bonds is 8. The molecule has 1 N–H and O–H groups in total. The fraction of sp³-hybridized carbons (Fsp3) is 0.263. The average molecular weight is 343 g/mol. The van der Waals surface area contributed by atoms with Crippen molar-refractivity contribution >= 4 is 11.9 Å². The van der Waals surface area contributed by atoms with E-state index in [2.05, 4.69) is 5.32 Å². The Hall–Kier alpha value is -3.02. The maximum atomic E-state index is 12.2. The van der Waals surface area contributed by atoms with Gasteiger partial charge in [-0.2, -0.15) is 0 Å². The minimum absolute atomic E-state index is 0.157. The summed E-state index contributed by atoms with van der Waals surface area (Å²) in [6, 6.07) is 14.7. The number of hydrogen-bond acceptors (Lipinski definition) is 5.